The van der Waals surface area contributed by atoms with Crippen molar-refractivity contribution in [3.8, 4) is 0 Å². The summed E-state index contributed by atoms with van der Waals surface area (Å²) in [6, 6.07) is 23.4. The molecule has 0 unspecified atom stereocenters. The van der Waals surface area contributed by atoms with E-state index < -0.39 is 17.7 Å². The summed E-state index contributed by atoms with van der Waals surface area (Å²) in [5.41, 5.74) is 10.1. The van der Waals surface area contributed by atoms with Gasteiger partial charge in [-0.3, -0.25) is 9.69 Å². The molecule has 6 saturated carbocycles. The van der Waals surface area contributed by atoms with E-state index in [2.05, 4.69) is 43.8 Å². The van der Waals surface area contributed by atoms with Gasteiger partial charge < -0.3 is 10.0 Å². The third-order valence-corrected chi connectivity index (χ3v) is 15.7. The monoisotopic (exact) mass is 892 g/mol. The number of aromatic carboxylic acids is 1. The highest BCUT2D eigenvalue weighted by Gasteiger charge is 2.71. The summed E-state index contributed by atoms with van der Waals surface area (Å²) >= 11 is 0. The number of imidazole rings is 2. The molecule has 3 aromatic carbocycles. The predicted octanol–water partition coefficient (Wildman–Crippen LogP) is 8.71. The molecule has 14 rings (SSSR count). The van der Waals surface area contributed by atoms with E-state index in [-0.39, 0.29) is 46.0 Å². The number of hydrogen-bond donors (Lipinski definition) is 1. The molecule has 14 heteroatoms. The van der Waals surface area contributed by atoms with E-state index in [1.54, 1.807) is 30.6 Å². The first-order valence-electron chi connectivity index (χ1n) is 22.8. The number of ketones is 1. The number of carbonyl (C=O) groups is 2. The van der Waals surface area contributed by atoms with E-state index in [4.69, 9.17) is 0 Å². The fourth-order valence-electron chi connectivity index (χ4n) is 12.4. The van der Waals surface area contributed by atoms with E-state index >= 15 is 0 Å². The van der Waals surface area contributed by atoms with Gasteiger partial charge in [0.1, 0.15) is 0 Å². The van der Waals surface area contributed by atoms with E-state index in [1.165, 1.54) is 28.5 Å². The number of piperazine rings is 1. The zero-order chi connectivity index (χ0) is 45.8. The molecule has 7 fully saturated rings. The molecule has 0 amide bonds. The number of hydrogen-bond acceptors (Lipinski definition) is 8. The number of Topliss-reactive ketones (excluding diaryl/α,β-unsaturated/α-hetero) is 1. The molecule has 1 aliphatic heterocycles. The van der Waals surface area contributed by atoms with Gasteiger partial charge >= 0.3 is 12.1 Å². The number of halogens is 3. The molecule has 7 aliphatic rings. The Kier molecular flexibility index (Phi) is 9.73. The summed E-state index contributed by atoms with van der Waals surface area (Å²) in [4.78, 5) is 37.9. The normalized spacial score (nSPS) is 25.5. The standard InChI is InChI=1S/C33H34F3N5O.C19H17N3O2/c1-22-5-7-24(16-26(22)31-19-32(20-31,21-31)29-17-37-30-4-3-9-38-41(29)30)28(42)15-23-6-8-25(27(14-23)33(34,35)36)18-40-12-10-39(2)11-13-40;1-12-4-5-13(17(23)24)7-14(12)18-9-19(10-18,11-18)15-8-20-16-3-2-6-21-22(15)16/h3-9,14,16-17H,10-13,15,18-21H2,1-2H3;2-8H,9-11H2,1H3,(H,23,24). The van der Waals surface area contributed by atoms with Gasteiger partial charge in [-0.05, 0) is 152 Å². The second-order valence-corrected chi connectivity index (χ2v) is 20.1. The van der Waals surface area contributed by atoms with Crippen LogP contribution in [0.3, 0.4) is 0 Å². The third kappa shape index (κ3) is 6.85. The summed E-state index contributed by atoms with van der Waals surface area (Å²) in [5.74, 6) is -1.02. The predicted molar refractivity (Wildman–Crippen MR) is 242 cm³/mol. The second kappa shape index (κ2) is 15.1. The lowest BCUT2D eigenvalue weighted by Gasteiger charge is -2.71. The molecular formula is C52H51F3N8O3. The molecular weight excluding hydrogens is 842 g/mol. The van der Waals surface area contributed by atoms with Crippen molar-refractivity contribution in [2.45, 2.75) is 93.2 Å². The van der Waals surface area contributed by atoms with Gasteiger partial charge in [-0.25, -0.2) is 23.8 Å². The Morgan fingerprint density at radius 3 is 1.70 bits per heavy atom. The van der Waals surface area contributed by atoms with E-state index in [0.29, 0.717) is 16.7 Å². The fourth-order valence-corrected chi connectivity index (χ4v) is 12.4. The molecule has 5 heterocycles. The topological polar surface area (TPSA) is 121 Å². The number of aryl methyl sites for hydroxylation is 2. The fraction of sp³-hybridized carbons (Fsp3) is 0.385. The van der Waals surface area contributed by atoms with Crippen LogP contribution in [0.1, 0.15) is 110 Å². The van der Waals surface area contributed by atoms with Crippen LogP contribution >= 0.6 is 0 Å². The molecule has 0 atom stereocenters. The number of fused-ring (bicyclic) bond motifs is 2. The van der Waals surface area contributed by atoms with Gasteiger partial charge in [0.25, 0.3) is 0 Å². The lowest BCUT2D eigenvalue weighted by molar-refractivity contribution is -0.138. The summed E-state index contributed by atoms with van der Waals surface area (Å²) in [5, 5.41) is 18.2. The van der Waals surface area contributed by atoms with Gasteiger partial charge in [-0.15, -0.1) is 0 Å². The molecule has 1 saturated heterocycles. The van der Waals surface area contributed by atoms with Gasteiger partial charge in [0.2, 0.25) is 0 Å². The van der Waals surface area contributed by atoms with Gasteiger partial charge in [0.05, 0.1) is 34.9 Å². The lowest BCUT2D eigenvalue weighted by atomic mass is 9.32. The number of nitrogens with zero attached hydrogens (tertiary/aromatic N) is 8. The molecule has 11 nitrogen and oxygen atoms in total. The molecule has 4 aromatic heterocycles. The Labute approximate surface area is 380 Å². The molecule has 7 aromatic rings. The van der Waals surface area contributed by atoms with Crippen LogP contribution in [0.4, 0.5) is 13.2 Å². The van der Waals surface area contributed by atoms with E-state index in [1.807, 2.05) is 83.1 Å². The Morgan fingerprint density at radius 2 is 1.18 bits per heavy atom. The molecule has 6 aliphatic carbocycles. The van der Waals surface area contributed by atoms with Gasteiger partial charge in [0, 0.05) is 67.9 Å². The lowest BCUT2D eigenvalue weighted by Crippen LogP contribution is -2.67. The number of benzene rings is 3. The zero-order valence-corrected chi connectivity index (χ0v) is 37.3. The molecule has 0 radical (unpaired) electrons. The number of carboxylic acids is 1. The Balaban J connectivity index is 0.000000169. The minimum atomic E-state index is -4.48. The SMILES string of the molecule is Cc1ccc(C(=O)Cc2ccc(CN3CCN(C)CC3)c(C(F)(F)F)c2)cc1C12CC(c3cnc4cccnn34)(C1)C2.Cc1ccc(C(=O)O)cc1C12CC(c3cnc4cccnn34)(C1)C2. The second-order valence-electron chi connectivity index (χ2n) is 20.1. The summed E-state index contributed by atoms with van der Waals surface area (Å²) in [6.45, 7) is 7.56. The molecule has 4 bridgehead atoms. The first kappa shape index (κ1) is 42.4. The number of aromatic nitrogens is 6. The molecule has 66 heavy (non-hydrogen) atoms. The van der Waals surface area contributed by atoms with Crippen LogP contribution in [-0.4, -0.2) is 89.1 Å². The van der Waals surface area contributed by atoms with Crippen molar-refractivity contribution < 1.29 is 27.9 Å². The number of alkyl halides is 3. The maximum absolute atomic E-state index is 14.1. The van der Waals surface area contributed by atoms with Crippen LogP contribution in [0.15, 0.2) is 104 Å². The van der Waals surface area contributed by atoms with Crippen LogP contribution in [-0.2, 0) is 40.8 Å². The summed E-state index contributed by atoms with van der Waals surface area (Å²) in [7, 11) is 2.02. The van der Waals surface area contributed by atoms with Crippen molar-refractivity contribution >= 4 is 23.0 Å². The molecule has 338 valence electrons. The van der Waals surface area contributed by atoms with Crippen molar-refractivity contribution in [2.75, 3.05) is 33.2 Å². The Morgan fingerprint density at radius 1 is 0.667 bits per heavy atom. The van der Waals surface area contributed by atoms with Crippen LogP contribution in [0.5, 0.6) is 0 Å². The van der Waals surface area contributed by atoms with Crippen molar-refractivity contribution in [1.82, 2.24) is 39.0 Å². The van der Waals surface area contributed by atoms with Crippen LogP contribution in [0.2, 0.25) is 0 Å². The van der Waals surface area contributed by atoms with Crippen molar-refractivity contribution in [2.24, 2.45) is 0 Å². The summed E-state index contributed by atoms with van der Waals surface area (Å²) in [6.07, 6.45) is 8.99. The average Bonchev–Trinajstić information content (AvgIpc) is 3.87. The number of rotatable bonds is 10. The van der Waals surface area contributed by atoms with Gasteiger partial charge in [-0.1, -0.05) is 30.3 Å². The Bertz CT molecular complexity index is 3050. The average molecular weight is 893 g/mol. The largest absolute Gasteiger partial charge is 0.478 e. The summed E-state index contributed by atoms with van der Waals surface area (Å²) < 4.78 is 46.1. The zero-order valence-electron chi connectivity index (χ0n) is 37.3. The smallest absolute Gasteiger partial charge is 0.416 e. The molecule has 1 N–H and O–H groups in total. The van der Waals surface area contributed by atoms with Crippen LogP contribution < -0.4 is 0 Å². The quantitative estimate of drug-likeness (QED) is 0.135. The minimum absolute atomic E-state index is 0.0215. The highest BCUT2D eigenvalue weighted by Crippen LogP contribution is 2.75. The Hall–Kier alpha value is -6.25. The number of carbonyl (C=O) groups excluding carboxylic acids is 1. The number of likely N-dealkylation sites (N-methyl/N-ethyl adjacent to an activating group) is 1. The highest BCUT2D eigenvalue weighted by molar-refractivity contribution is 5.98. The maximum atomic E-state index is 14.1. The third-order valence-electron chi connectivity index (χ3n) is 15.7. The first-order valence-corrected chi connectivity index (χ1v) is 22.8. The molecule has 0 spiro atoms. The van der Waals surface area contributed by atoms with Gasteiger partial charge in [-0.2, -0.15) is 23.4 Å². The minimum Gasteiger partial charge on any atom is -0.478 e. The number of carboxylic acid groups (broad SMARTS) is 1. The van der Waals surface area contributed by atoms with E-state index in [9.17, 15) is 27.9 Å². The highest BCUT2D eigenvalue weighted by atomic mass is 19.4. The van der Waals surface area contributed by atoms with Crippen molar-refractivity contribution in [3.63, 3.8) is 0 Å². The van der Waals surface area contributed by atoms with Crippen LogP contribution in [0, 0.1) is 13.8 Å². The first-order chi connectivity index (χ1) is 31.6. The van der Waals surface area contributed by atoms with Crippen molar-refractivity contribution in [1.29, 1.82) is 0 Å². The maximum Gasteiger partial charge on any atom is 0.416 e. The van der Waals surface area contributed by atoms with Crippen LogP contribution in [0.25, 0.3) is 11.3 Å². The van der Waals surface area contributed by atoms with E-state index in [0.717, 1.165) is 87.3 Å². The van der Waals surface area contributed by atoms with Crippen molar-refractivity contribution in [3.05, 3.63) is 165 Å². The van der Waals surface area contributed by atoms with Gasteiger partial charge in [0.15, 0.2) is 17.1 Å².